The van der Waals surface area contributed by atoms with Gasteiger partial charge >= 0.3 is 0 Å². The molecule has 1 unspecified atom stereocenters. The van der Waals surface area contributed by atoms with E-state index < -0.39 is 0 Å². The molecule has 156 valence electrons. The fourth-order valence-electron chi connectivity index (χ4n) is 3.01. The standard InChI is InChI=1S/C22H26ClNO5/c1-26-21-12-16(7-8-20(21)29-15-19-6-3-10-27-19)14-24-22(25)9-11-28-18-5-2-4-17(23)13-18/h2,4-5,7-8,12-13,19H,3,6,9-11,14-15H2,1H3,(H,24,25). The van der Waals surface area contributed by atoms with Crippen molar-refractivity contribution in [2.75, 3.05) is 26.9 Å². The summed E-state index contributed by atoms with van der Waals surface area (Å²) in [4.78, 5) is 12.1. The zero-order chi connectivity index (χ0) is 20.5. The highest BCUT2D eigenvalue weighted by molar-refractivity contribution is 6.30. The Balaban J connectivity index is 1.42. The van der Waals surface area contributed by atoms with Crippen LogP contribution in [0.15, 0.2) is 42.5 Å². The fraction of sp³-hybridized carbons (Fsp3) is 0.409. The molecule has 0 aliphatic carbocycles. The van der Waals surface area contributed by atoms with Crippen molar-refractivity contribution < 1.29 is 23.7 Å². The molecular weight excluding hydrogens is 394 g/mol. The van der Waals surface area contributed by atoms with E-state index in [-0.39, 0.29) is 25.0 Å². The van der Waals surface area contributed by atoms with E-state index in [0.29, 0.717) is 35.4 Å². The molecule has 6 nitrogen and oxygen atoms in total. The first-order chi connectivity index (χ1) is 14.1. The molecule has 0 radical (unpaired) electrons. The van der Waals surface area contributed by atoms with Crippen LogP contribution in [-0.4, -0.2) is 38.9 Å². The van der Waals surface area contributed by atoms with Crippen LogP contribution >= 0.6 is 11.6 Å². The second kappa shape index (κ2) is 10.9. The third-order valence-electron chi connectivity index (χ3n) is 4.56. The molecule has 1 amide bonds. The molecule has 3 rings (SSSR count). The molecule has 2 aromatic rings. The maximum atomic E-state index is 12.1. The molecule has 1 saturated heterocycles. The average molecular weight is 420 g/mol. The van der Waals surface area contributed by atoms with Gasteiger partial charge in [-0.05, 0) is 48.7 Å². The number of carbonyl (C=O) groups excluding carboxylic acids is 1. The topological polar surface area (TPSA) is 66.0 Å². The van der Waals surface area contributed by atoms with E-state index in [0.717, 1.165) is 25.0 Å². The van der Waals surface area contributed by atoms with Gasteiger partial charge in [0.2, 0.25) is 5.91 Å². The second-order valence-corrected chi connectivity index (χ2v) is 7.20. The van der Waals surface area contributed by atoms with Gasteiger partial charge in [-0.15, -0.1) is 0 Å². The summed E-state index contributed by atoms with van der Waals surface area (Å²) in [6.07, 6.45) is 2.50. The van der Waals surface area contributed by atoms with Crippen LogP contribution in [0.5, 0.6) is 17.2 Å². The number of carbonyl (C=O) groups is 1. The molecule has 1 atom stereocenters. The molecule has 29 heavy (non-hydrogen) atoms. The minimum Gasteiger partial charge on any atom is -0.493 e. The Kier molecular flexibility index (Phi) is 8.02. The largest absolute Gasteiger partial charge is 0.493 e. The maximum Gasteiger partial charge on any atom is 0.223 e. The van der Waals surface area contributed by atoms with E-state index in [2.05, 4.69) is 5.32 Å². The molecule has 2 aromatic carbocycles. The number of ether oxygens (including phenoxy) is 4. The number of hydrogen-bond acceptors (Lipinski definition) is 5. The summed E-state index contributed by atoms with van der Waals surface area (Å²) >= 11 is 5.91. The van der Waals surface area contributed by atoms with Crippen LogP contribution in [0.3, 0.4) is 0 Å². The highest BCUT2D eigenvalue weighted by Gasteiger charge is 2.17. The molecule has 1 aliphatic heterocycles. The smallest absolute Gasteiger partial charge is 0.223 e. The highest BCUT2D eigenvalue weighted by Crippen LogP contribution is 2.29. The summed E-state index contributed by atoms with van der Waals surface area (Å²) in [5.41, 5.74) is 0.926. The van der Waals surface area contributed by atoms with Crippen molar-refractivity contribution in [1.82, 2.24) is 5.32 Å². The van der Waals surface area contributed by atoms with Crippen molar-refractivity contribution in [3.8, 4) is 17.2 Å². The van der Waals surface area contributed by atoms with Crippen LogP contribution in [0.25, 0.3) is 0 Å². The number of halogens is 1. The highest BCUT2D eigenvalue weighted by atomic mass is 35.5. The summed E-state index contributed by atoms with van der Waals surface area (Å²) in [7, 11) is 1.60. The van der Waals surface area contributed by atoms with Crippen molar-refractivity contribution in [1.29, 1.82) is 0 Å². The van der Waals surface area contributed by atoms with Crippen molar-refractivity contribution in [3.05, 3.63) is 53.1 Å². The maximum absolute atomic E-state index is 12.1. The fourth-order valence-corrected chi connectivity index (χ4v) is 3.19. The minimum absolute atomic E-state index is 0.0929. The third kappa shape index (κ3) is 6.84. The lowest BCUT2D eigenvalue weighted by Gasteiger charge is -2.15. The quantitative estimate of drug-likeness (QED) is 0.630. The first-order valence-corrected chi connectivity index (χ1v) is 10.1. The molecule has 0 saturated carbocycles. The number of benzene rings is 2. The number of amides is 1. The van der Waals surface area contributed by atoms with Crippen LogP contribution in [0.2, 0.25) is 5.02 Å². The van der Waals surface area contributed by atoms with E-state index >= 15 is 0 Å². The molecule has 1 heterocycles. The summed E-state index contributed by atoms with van der Waals surface area (Å²) in [6, 6.07) is 12.7. The van der Waals surface area contributed by atoms with E-state index in [9.17, 15) is 4.79 Å². The summed E-state index contributed by atoms with van der Waals surface area (Å²) < 4.78 is 22.4. The molecular formula is C22H26ClNO5. The predicted octanol–water partition coefficient (Wildman–Crippen LogP) is 3.99. The second-order valence-electron chi connectivity index (χ2n) is 6.76. The van der Waals surface area contributed by atoms with Gasteiger partial charge < -0.3 is 24.3 Å². The van der Waals surface area contributed by atoms with E-state index in [1.807, 2.05) is 18.2 Å². The lowest BCUT2D eigenvalue weighted by Crippen LogP contribution is -2.24. The number of nitrogens with one attached hydrogen (secondary N) is 1. The van der Waals surface area contributed by atoms with Crippen LogP contribution in [0.4, 0.5) is 0 Å². The molecule has 0 aromatic heterocycles. The first kappa shape index (κ1) is 21.3. The monoisotopic (exact) mass is 419 g/mol. The number of methoxy groups -OCH3 is 1. The lowest BCUT2D eigenvalue weighted by atomic mass is 10.2. The van der Waals surface area contributed by atoms with E-state index in [4.69, 9.17) is 30.5 Å². The van der Waals surface area contributed by atoms with Crippen molar-refractivity contribution in [3.63, 3.8) is 0 Å². The summed E-state index contributed by atoms with van der Waals surface area (Å²) in [5.74, 6) is 1.87. The SMILES string of the molecule is COc1cc(CNC(=O)CCOc2cccc(Cl)c2)ccc1OCC1CCCO1. The van der Waals surface area contributed by atoms with E-state index in [1.165, 1.54) is 0 Å². The van der Waals surface area contributed by atoms with Gasteiger partial charge in [-0.2, -0.15) is 0 Å². The van der Waals surface area contributed by atoms with Gasteiger partial charge in [-0.3, -0.25) is 4.79 Å². The first-order valence-electron chi connectivity index (χ1n) is 9.70. The lowest BCUT2D eigenvalue weighted by molar-refractivity contribution is -0.121. The minimum atomic E-state index is -0.0929. The Morgan fingerprint density at radius 3 is 2.86 bits per heavy atom. The van der Waals surface area contributed by atoms with Crippen LogP contribution in [0.1, 0.15) is 24.8 Å². The zero-order valence-corrected chi connectivity index (χ0v) is 17.2. The van der Waals surface area contributed by atoms with Gasteiger partial charge in [-0.25, -0.2) is 0 Å². The van der Waals surface area contributed by atoms with Crippen molar-refractivity contribution in [2.45, 2.75) is 31.9 Å². The van der Waals surface area contributed by atoms with Gasteiger partial charge in [0.15, 0.2) is 11.5 Å². The van der Waals surface area contributed by atoms with Gasteiger partial charge in [0, 0.05) is 18.2 Å². The molecule has 0 bridgehead atoms. The molecule has 1 N–H and O–H groups in total. The Morgan fingerprint density at radius 2 is 2.10 bits per heavy atom. The normalized spacial score (nSPS) is 15.7. The molecule has 0 spiro atoms. The number of rotatable bonds is 10. The molecule has 1 aliphatic rings. The summed E-state index contributed by atoms with van der Waals surface area (Å²) in [6.45, 7) is 2.00. The Bertz CT molecular complexity index is 808. The third-order valence-corrected chi connectivity index (χ3v) is 4.80. The predicted molar refractivity (Wildman–Crippen MR) is 111 cm³/mol. The van der Waals surface area contributed by atoms with Crippen LogP contribution in [0, 0.1) is 0 Å². The van der Waals surface area contributed by atoms with Gasteiger partial charge in [0.1, 0.15) is 12.4 Å². The molecule has 1 fully saturated rings. The average Bonchev–Trinajstić information content (AvgIpc) is 3.24. The van der Waals surface area contributed by atoms with Crippen LogP contribution in [-0.2, 0) is 16.1 Å². The summed E-state index contributed by atoms with van der Waals surface area (Å²) in [5, 5.41) is 3.48. The van der Waals surface area contributed by atoms with Crippen molar-refractivity contribution >= 4 is 17.5 Å². The van der Waals surface area contributed by atoms with Gasteiger partial charge in [0.25, 0.3) is 0 Å². The van der Waals surface area contributed by atoms with Gasteiger partial charge in [-0.1, -0.05) is 23.7 Å². The Hall–Kier alpha value is -2.44. The van der Waals surface area contributed by atoms with E-state index in [1.54, 1.807) is 31.4 Å². The van der Waals surface area contributed by atoms with Crippen molar-refractivity contribution in [2.24, 2.45) is 0 Å². The number of hydrogen-bond donors (Lipinski definition) is 1. The molecule has 7 heteroatoms. The van der Waals surface area contributed by atoms with Crippen LogP contribution < -0.4 is 19.5 Å². The Morgan fingerprint density at radius 1 is 1.21 bits per heavy atom. The Labute approximate surface area is 176 Å². The zero-order valence-electron chi connectivity index (χ0n) is 16.5. The van der Waals surface area contributed by atoms with Gasteiger partial charge in [0.05, 0.1) is 26.2 Å².